The van der Waals surface area contributed by atoms with Crippen LogP contribution >= 0.6 is 23.2 Å². The molecule has 3 aromatic carbocycles. The standard InChI is InChI=1S/C28H29Cl2N3O/c1-4-33(5-2)18-20-15-23(32-26-13-14-31-27-16-22(30)11-12-24(26)27)17-25(28(20)34-6-3)19-7-9-21(29)10-8-19/h7-17H,4-6,18H2,1-3H3,(H,31,32). The van der Waals surface area contributed by atoms with Gasteiger partial charge < -0.3 is 10.1 Å². The molecule has 0 saturated carbocycles. The first-order valence-electron chi connectivity index (χ1n) is 11.6. The van der Waals surface area contributed by atoms with Crippen LogP contribution in [-0.2, 0) is 6.54 Å². The molecule has 0 amide bonds. The van der Waals surface area contributed by atoms with E-state index in [0.717, 1.165) is 64.4 Å². The van der Waals surface area contributed by atoms with Crippen LogP contribution < -0.4 is 10.1 Å². The first-order chi connectivity index (χ1) is 16.5. The normalized spacial score (nSPS) is 11.2. The summed E-state index contributed by atoms with van der Waals surface area (Å²) < 4.78 is 6.22. The largest absolute Gasteiger partial charge is 0.493 e. The molecule has 0 saturated heterocycles. The molecular formula is C28H29Cl2N3O. The highest BCUT2D eigenvalue weighted by Crippen LogP contribution is 2.39. The second-order valence-corrected chi connectivity index (χ2v) is 8.93. The Bertz CT molecular complexity index is 1270. The third-order valence-corrected chi connectivity index (χ3v) is 6.37. The highest BCUT2D eigenvalue weighted by molar-refractivity contribution is 6.31. The molecule has 176 valence electrons. The van der Waals surface area contributed by atoms with Crippen LogP contribution in [-0.4, -0.2) is 29.6 Å². The Hall–Kier alpha value is -2.79. The molecular weight excluding hydrogens is 465 g/mol. The summed E-state index contributed by atoms with van der Waals surface area (Å²) in [5.41, 5.74) is 6.04. The van der Waals surface area contributed by atoms with E-state index in [9.17, 15) is 0 Å². The minimum absolute atomic E-state index is 0.592. The van der Waals surface area contributed by atoms with E-state index in [1.807, 2.05) is 55.5 Å². The lowest BCUT2D eigenvalue weighted by Crippen LogP contribution is -2.22. The number of aromatic nitrogens is 1. The third kappa shape index (κ3) is 5.47. The maximum atomic E-state index is 6.22. The van der Waals surface area contributed by atoms with Gasteiger partial charge in [0.15, 0.2) is 0 Å². The van der Waals surface area contributed by atoms with Gasteiger partial charge in [-0.1, -0.05) is 49.2 Å². The minimum Gasteiger partial charge on any atom is -0.493 e. The van der Waals surface area contributed by atoms with E-state index >= 15 is 0 Å². The van der Waals surface area contributed by atoms with Crippen LogP contribution in [0, 0.1) is 0 Å². The summed E-state index contributed by atoms with van der Waals surface area (Å²) in [6.45, 7) is 9.70. The van der Waals surface area contributed by atoms with Crippen molar-refractivity contribution < 1.29 is 4.74 Å². The molecule has 4 rings (SSSR count). The number of pyridine rings is 1. The van der Waals surface area contributed by atoms with Crippen molar-refractivity contribution in [2.75, 3.05) is 25.0 Å². The molecule has 0 bridgehead atoms. The molecule has 4 nitrogen and oxygen atoms in total. The highest BCUT2D eigenvalue weighted by Gasteiger charge is 2.17. The Labute approximate surface area is 211 Å². The van der Waals surface area contributed by atoms with Gasteiger partial charge in [-0.25, -0.2) is 0 Å². The molecule has 0 aliphatic carbocycles. The van der Waals surface area contributed by atoms with Crippen LogP contribution in [0.25, 0.3) is 22.0 Å². The monoisotopic (exact) mass is 493 g/mol. The quantitative estimate of drug-likeness (QED) is 0.255. The van der Waals surface area contributed by atoms with E-state index in [-0.39, 0.29) is 0 Å². The van der Waals surface area contributed by atoms with Crippen LogP contribution in [0.5, 0.6) is 5.75 Å². The molecule has 0 spiro atoms. The van der Waals surface area contributed by atoms with E-state index in [2.05, 4.69) is 41.2 Å². The number of ether oxygens (including phenoxy) is 1. The summed E-state index contributed by atoms with van der Waals surface area (Å²) in [7, 11) is 0. The Morgan fingerprint density at radius 2 is 1.62 bits per heavy atom. The number of anilines is 2. The maximum Gasteiger partial charge on any atom is 0.131 e. The summed E-state index contributed by atoms with van der Waals surface area (Å²) in [6, 6.07) is 20.0. The summed E-state index contributed by atoms with van der Waals surface area (Å²) in [4.78, 5) is 6.86. The van der Waals surface area contributed by atoms with Crippen LogP contribution in [0.4, 0.5) is 11.4 Å². The average Bonchev–Trinajstić information content (AvgIpc) is 2.84. The van der Waals surface area contributed by atoms with Crippen molar-refractivity contribution in [3.8, 4) is 16.9 Å². The van der Waals surface area contributed by atoms with Crippen LogP contribution in [0.15, 0.2) is 66.9 Å². The van der Waals surface area contributed by atoms with Gasteiger partial charge in [-0.2, -0.15) is 0 Å². The Morgan fingerprint density at radius 1 is 0.882 bits per heavy atom. The summed E-state index contributed by atoms with van der Waals surface area (Å²) in [6.07, 6.45) is 1.80. The topological polar surface area (TPSA) is 37.4 Å². The van der Waals surface area contributed by atoms with Crippen molar-refractivity contribution in [2.24, 2.45) is 0 Å². The van der Waals surface area contributed by atoms with Gasteiger partial charge in [-0.15, -0.1) is 0 Å². The fourth-order valence-electron chi connectivity index (χ4n) is 4.11. The summed E-state index contributed by atoms with van der Waals surface area (Å²) in [5.74, 6) is 0.911. The van der Waals surface area contributed by atoms with Crippen molar-refractivity contribution >= 4 is 45.5 Å². The number of benzene rings is 3. The molecule has 0 aliphatic rings. The molecule has 0 aliphatic heterocycles. The number of nitrogens with zero attached hydrogens (tertiary/aromatic N) is 2. The molecule has 1 N–H and O–H groups in total. The lowest BCUT2D eigenvalue weighted by atomic mass is 9.99. The van der Waals surface area contributed by atoms with Gasteiger partial charge in [0.05, 0.1) is 12.1 Å². The van der Waals surface area contributed by atoms with E-state index in [1.54, 1.807) is 6.20 Å². The molecule has 1 heterocycles. The van der Waals surface area contributed by atoms with Crippen molar-refractivity contribution in [1.29, 1.82) is 0 Å². The Morgan fingerprint density at radius 3 is 2.32 bits per heavy atom. The number of hydrogen-bond donors (Lipinski definition) is 1. The molecule has 4 aromatic rings. The fraction of sp³-hybridized carbons (Fsp3) is 0.250. The smallest absolute Gasteiger partial charge is 0.131 e. The number of fused-ring (bicyclic) bond motifs is 1. The van der Waals surface area contributed by atoms with Gasteiger partial charge in [0.1, 0.15) is 5.75 Å². The van der Waals surface area contributed by atoms with Crippen LogP contribution in [0.1, 0.15) is 26.3 Å². The minimum atomic E-state index is 0.592. The number of nitrogens with one attached hydrogen (secondary N) is 1. The maximum absolute atomic E-state index is 6.22. The van der Waals surface area contributed by atoms with Gasteiger partial charge in [0.25, 0.3) is 0 Å². The second-order valence-electron chi connectivity index (χ2n) is 8.06. The molecule has 34 heavy (non-hydrogen) atoms. The summed E-state index contributed by atoms with van der Waals surface area (Å²) >= 11 is 12.4. The van der Waals surface area contributed by atoms with Crippen molar-refractivity contribution in [3.05, 3.63) is 82.5 Å². The van der Waals surface area contributed by atoms with Gasteiger partial charge in [-0.05, 0) is 74.1 Å². The molecule has 1 aromatic heterocycles. The first kappa shape index (κ1) is 24.3. The molecule has 0 atom stereocenters. The molecule has 0 radical (unpaired) electrons. The number of rotatable bonds is 9. The third-order valence-electron chi connectivity index (χ3n) is 5.88. The van der Waals surface area contributed by atoms with E-state index in [0.29, 0.717) is 16.7 Å². The van der Waals surface area contributed by atoms with Gasteiger partial charge in [0.2, 0.25) is 0 Å². The van der Waals surface area contributed by atoms with Crippen molar-refractivity contribution in [1.82, 2.24) is 9.88 Å². The van der Waals surface area contributed by atoms with Gasteiger partial charge >= 0.3 is 0 Å². The number of hydrogen-bond acceptors (Lipinski definition) is 4. The lowest BCUT2D eigenvalue weighted by molar-refractivity contribution is 0.282. The second kappa shape index (κ2) is 11.1. The van der Waals surface area contributed by atoms with E-state index in [1.165, 1.54) is 0 Å². The van der Waals surface area contributed by atoms with Gasteiger partial charge in [0, 0.05) is 50.7 Å². The lowest BCUT2D eigenvalue weighted by Gasteiger charge is -2.23. The van der Waals surface area contributed by atoms with Crippen LogP contribution in [0.2, 0.25) is 10.0 Å². The Kier molecular flexibility index (Phi) is 7.94. The highest BCUT2D eigenvalue weighted by atomic mass is 35.5. The molecule has 0 unspecified atom stereocenters. The van der Waals surface area contributed by atoms with Crippen molar-refractivity contribution in [3.63, 3.8) is 0 Å². The predicted molar refractivity (Wildman–Crippen MR) is 145 cm³/mol. The zero-order chi connectivity index (χ0) is 24.1. The molecule has 6 heteroatoms. The average molecular weight is 494 g/mol. The van der Waals surface area contributed by atoms with Crippen molar-refractivity contribution in [2.45, 2.75) is 27.3 Å². The van der Waals surface area contributed by atoms with E-state index in [4.69, 9.17) is 27.9 Å². The SMILES string of the molecule is CCOc1c(CN(CC)CC)cc(Nc2ccnc3cc(Cl)ccc23)cc1-c1ccc(Cl)cc1. The number of halogens is 2. The predicted octanol–water partition coefficient (Wildman–Crippen LogP) is 8.19. The van der Waals surface area contributed by atoms with E-state index < -0.39 is 0 Å². The van der Waals surface area contributed by atoms with Crippen LogP contribution in [0.3, 0.4) is 0 Å². The molecule has 0 fully saturated rings. The summed E-state index contributed by atoms with van der Waals surface area (Å²) in [5, 5.41) is 6.02. The van der Waals surface area contributed by atoms with Gasteiger partial charge in [-0.3, -0.25) is 9.88 Å². The zero-order valence-electron chi connectivity index (χ0n) is 19.7. The fourth-order valence-corrected chi connectivity index (χ4v) is 4.40. The first-order valence-corrected chi connectivity index (χ1v) is 12.4. The zero-order valence-corrected chi connectivity index (χ0v) is 21.2. The Balaban J connectivity index is 1.85.